The van der Waals surface area contributed by atoms with Crippen LogP contribution in [0.15, 0.2) is 0 Å². The van der Waals surface area contributed by atoms with Crippen LogP contribution in [0.25, 0.3) is 0 Å². The maximum Gasteiger partial charge on any atom is 0.152 e. The number of aromatic nitrogens is 1. The quantitative estimate of drug-likeness (QED) is 0.906. The van der Waals surface area contributed by atoms with E-state index in [1.165, 1.54) is 32.1 Å². The second-order valence-corrected chi connectivity index (χ2v) is 6.30. The number of hydrogen-bond acceptors (Lipinski definition) is 4. The van der Waals surface area contributed by atoms with E-state index in [0.29, 0.717) is 15.7 Å². The van der Waals surface area contributed by atoms with Gasteiger partial charge in [0, 0.05) is 26.2 Å². The first kappa shape index (κ1) is 14.1. The maximum atomic E-state index is 6.38. The average Bonchev–Trinajstić information content (AvgIpc) is 3.00. The Morgan fingerprint density at radius 2 is 1.15 bits per heavy atom. The fourth-order valence-electron chi connectivity index (χ4n) is 2.99. The van der Waals surface area contributed by atoms with Crippen LogP contribution in [-0.2, 0) is 0 Å². The zero-order valence-electron chi connectivity index (χ0n) is 11.5. The van der Waals surface area contributed by atoms with Gasteiger partial charge in [0.15, 0.2) is 11.6 Å². The van der Waals surface area contributed by atoms with E-state index >= 15 is 0 Å². The van der Waals surface area contributed by atoms with Crippen molar-refractivity contribution in [2.45, 2.75) is 32.1 Å². The molecule has 3 heterocycles. The topological polar surface area (TPSA) is 45.4 Å². The molecule has 0 amide bonds. The zero-order chi connectivity index (χ0) is 14.1. The molecule has 4 nitrogen and oxygen atoms in total. The molecule has 0 bridgehead atoms. The van der Waals surface area contributed by atoms with Crippen molar-refractivity contribution in [1.29, 1.82) is 0 Å². The summed E-state index contributed by atoms with van der Waals surface area (Å²) in [4.78, 5) is 9.19. The Labute approximate surface area is 129 Å². The van der Waals surface area contributed by atoms with Crippen molar-refractivity contribution in [2.24, 2.45) is 0 Å². The fraction of sp³-hybridized carbons (Fsp3) is 0.643. The molecule has 110 valence electrons. The molecule has 0 aromatic carbocycles. The summed E-state index contributed by atoms with van der Waals surface area (Å²) in [6.45, 7) is 3.97. The van der Waals surface area contributed by atoms with Crippen molar-refractivity contribution >= 4 is 40.5 Å². The molecule has 1 aromatic heterocycles. The van der Waals surface area contributed by atoms with Crippen LogP contribution in [0.1, 0.15) is 32.1 Å². The Morgan fingerprint density at radius 3 is 1.60 bits per heavy atom. The van der Waals surface area contributed by atoms with Gasteiger partial charge in [0.2, 0.25) is 0 Å². The molecule has 6 heteroatoms. The molecule has 20 heavy (non-hydrogen) atoms. The van der Waals surface area contributed by atoms with Crippen molar-refractivity contribution in [2.75, 3.05) is 41.7 Å². The Kier molecular flexibility index (Phi) is 4.13. The molecule has 0 saturated carbocycles. The number of anilines is 3. The van der Waals surface area contributed by atoms with Crippen molar-refractivity contribution in [3.8, 4) is 0 Å². The maximum absolute atomic E-state index is 6.38. The van der Waals surface area contributed by atoms with Crippen LogP contribution in [-0.4, -0.2) is 31.2 Å². The second-order valence-electron chi connectivity index (χ2n) is 5.54. The van der Waals surface area contributed by atoms with E-state index in [-0.39, 0.29) is 0 Å². The van der Waals surface area contributed by atoms with Gasteiger partial charge in [-0.15, -0.1) is 0 Å². The van der Waals surface area contributed by atoms with Crippen molar-refractivity contribution in [3.05, 3.63) is 10.0 Å². The molecule has 1 aromatic rings. The summed E-state index contributed by atoms with van der Waals surface area (Å²) in [7, 11) is 0. The summed E-state index contributed by atoms with van der Waals surface area (Å²) in [6, 6.07) is 0. The third-order valence-corrected chi connectivity index (χ3v) is 4.88. The lowest BCUT2D eigenvalue weighted by Crippen LogP contribution is -2.31. The minimum Gasteiger partial charge on any atom is -0.396 e. The first-order valence-corrected chi connectivity index (χ1v) is 8.08. The van der Waals surface area contributed by atoms with Gasteiger partial charge in [0.1, 0.15) is 10.0 Å². The smallest absolute Gasteiger partial charge is 0.152 e. The van der Waals surface area contributed by atoms with E-state index in [0.717, 1.165) is 37.8 Å². The summed E-state index contributed by atoms with van der Waals surface area (Å²) in [5, 5.41) is 0.998. The fourth-order valence-corrected chi connectivity index (χ4v) is 3.55. The van der Waals surface area contributed by atoms with E-state index < -0.39 is 0 Å². The first-order chi connectivity index (χ1) is 9.68. The minimum absolute atomic E-state index is 0.464. The first-order valence-electron chi connectivity index (χ1n) is 7.33. The molecule has 2 aliphatic heterocycles. The Morgan fingerprint density at radius 1 is 0.750 bits per heavy atom. The number of pyridine rings is 1. The Balaban J connectivity index is 2.00. The van der Waals surface area contributed by atoms with Gasteiger partial charge in [-0.1, -0.05) is 23.2 Å². The molecule has 0 unspecified atom stereocenters. The highest BCUT2D eigenvalue weighted by Crippen LogP contribution is 2.41. The van der Waals surface area contributed by atoms with Crippen LogP contribution in [0, 0.1) is 0 Å². The van der Waals surface area contributed by atoms with Gasteiger partial charge in [-0.05, 0) is 32.1 Å². The predicted molar refractivity (Wildman–Crippen MR) is 86.2 cm³/mol. The minimum atomic E-state index is 0.464. The van der Waals surface area contributed by atoms with Crippen LogP contribution in [0.4, 0.5) is 17.3 Å². The highest BCUT2D eigenvalue weighted by atomic mass is 35.5. The second kappa shape index (κ2) is 5.86. The standard InChI is InChI=1S/C14H20Cl2N4/c15-10-12(17)11(16)14(20-8-4-5-9-20)18-13(10)19-6-2-1-3-7-19/h1-9H2,(H2,17,18). The average molecular weight is 315 g/mol. The lowest BCUT2D eigenvalue weighted by atomic mass is 10.1. The number of piperidine rings is 1. The number of nitrogens with zero attached hydrogens (tertiary/aromatic N) is 3. The molecule has 2 aliphatic rings. The van der Waals surface area contributed by atoms with E-state index in [9.17, 15) is 0 Å². The van der Waals surface area contributed by atoms with E-state index in [2.05, 4.69) is 9.80 Å². The van der Waals surface area contributed by atoms with Gasteiger partial charge < -0.3 is 15.5 Å². The molecule has 3 rings (SSSR count). The number of nitrogens with two attached hydrogens (primary N) is 1. The molecular weight excluding hydrogens is 295 g/mol. The molecule has 2 fully saturated rings. The Bertz CT molecular complexity index is 494. The van der Waals surface area contributed by atoms with Gasteiger partial charge in [-0.2, -0.15) is 0 Å². The van der Waals surface area contributed by atoms with Crippen LogP contribution < -0.4 is 15.5 Å². The van der Waals surface area contributed by atoms with E-state index in [1.807, 2.05) is 0 Å². The molecule has 0 radical (unpaired) electrons. The largest absolute Gasteiger partial charge is 0.396 e. The van der Waals surface area contributed by atoms with Gasteiger partial charge in [-0.3, -0.25) is 0 Å². The third kappa shape index (κ3) is 2.51. The molecule has 0 spiro atoms. The van der Waals surface area contributed by atoms with E-state index in [4.69, 9.17) is 33.9 Å². The number of halogens is 2. The normalized spacial score (nSPS) is 19.7. The van der Waals surface area contributed by atoms with Crippen LogP contribution in [0.2, 0.25) is 10.0 Å². The summed E-state index contributed by atoms with van der Waals surface area (Å²) in [5.41, 5.74) is 6.56. The summed E-state index contributed by atoms with van der Waals surface area (Å²) in [5.74, 6) is 1.60. The van der Waals surface area contributed by atoms with Gasteiger partial charge in [0.25, 0.3) is 0 Å². The van der Waals surface area contributed by atoms with Crippen LogP contribution >= 0.6 is 23.2 Å². The number of nitrogen functional groups attached to an aromatic ring is 1. The predicted octanol–water partition coefficient (Wildman–Crippen LogP) is 3.56. The van der Waals surface area contributed by atoms with Crippen molar-refractivity contribution in [1.82, 2.24) is 4.98 Å². The SMILES string of the molecule is Nc1c(Cl)c(N2CCCCC2)nc(N2CCCC2)c1Cl. The lowest BCUT2D eigenvalue weighted by molar-refractivity contribution is 0.573. The number of hydrogen-bond donors (Lipinski definition) is 1. The van der Waals surface area contributed by atoms with Crippen molar-refractivity contribution < 1.29 is 0 Å². The number of rotatable bonds is 2. The van der Waals surface area contributed by atoms with Gasteiger partial charge in [-0.25, -0.2) is 4.98 Å². The summed E-state index contributed by atoms with van der Waals surface area (Å²) in [6.07, 6.45) is 5.99. The zero-order valence-corrected chi connectivity index (χ0v) is 13.1. The lowest BCUT2D eigenvalue weighted by Gasteiger charge is -2.30. The van der Waals surface area contributed by atoms with Crippen LogP contribution in [0.3, 0.4) is 0 Å². The summed E-state index contributed by atoms with van der Waals surface area (Å²) >= 11 is 12.7. The molecule has 0 aliphatic carbocycles. The third-order valence-electron chi connectivity index (χ3n) is 4.14. The van der Waals surface area contributed by atoms with Crippen molar-refractivity contribution in [3.63, 3.8) is 0 Å². The van der Waals surface area contributed by atoms with Gasteiger partial charge >= 0.3 is 0 Å². The molecule has 0 atom stereocenters. The molecular formula is C14H20Cl2N4. The molecule has 2 N–H and O–H groups in total. The van der Waals surface area contributed by atoms with E-state index in [1.54, 1.807) is 0 Å². The molecule has 2 saturated heterocycles. The van der Waals surface area contributed by atoms with Gasteiger partial charge in [0.05, 0.1) is 5.69 Å². The summed E-state index contributed by atoms with van der Waals surface area (Å²) < 4.78 is 0. The Hall–Kier alpha value is -0.870. The highest BCUT2D eigenvalue weighted by molar-refractivity contribution is 6.41. The highest BCUT2D eigenvalue weighted by Gasteiger charge is 2.25. The monoisotopic (exact) mass is 314 g/mol. The van der Waals surface area contributed by atoms with Crippen LogP contribution in [0.5, 0.6) is 0 Å².